The van der Waals surface area contributed by atoms with E-state index in [0.29, 0.717) is 5.75 Å². The maximum absolute atomic E-state index is 10.9. The zero-order chi connectivity index (χ0) is 9.52. The van der Waals surface area contributed by atoms with Gasteiger partial charge in [-0.1, -0.05) is 30.3 Å². The first-order valence-corrected chi connectivity index (χ1v) is 5.32. The Kier molecular flexibility index (Phi) is 4.57. The van der Waals surface area contributed by atoms with Gasteiger partial charge in [-0.3, -0.25) is 4.79 Å². The second kappa shape index (κ2) is 5.78. The Morgan fingerprint density at radius 1 is 1.31 bits per heavy atom. The minimum Gasteiger partial charge on any atom is -0.324 e. The molecule has 1 aromatic carbocycles. The maximum atomic E-state index is 10.9. The summed E-state index contributed by atoms with van der Waals surface area (Å²) in [5, 5.41) is 0. The highest BCUT2D eigenvalue weighted by molar-refractivity contribution is 7.99. The molecule has 0 aliphatic carbocycles. The second-order valence-electron chi connectivity index (χ2n) is 2.72. The van der Waals surface area contributed by atoms with Crippen LogP contribution in [-0.4, -0.2) is 18.1 Å². The molecule has 0 atom stereocenters. The molecule has 0 aliphatic heterocycles. The van der Waals surface area contributed by atoms with Crippen LogP contribution < -0.4 is 5.73 Å². The molecule has 0 unspecified atom stereocenters. The molecule has 0 amide bonds. The Balaban J connectivity index is 2.24. The van der Waals surface area contributed by atoms with Crippen LogP contribution in [0.1, 0.15) is 5.56 Å². The molecule has 0 bridgehead atoms. The highest BCUT2D eigenvalue weighted by Gasteiger charge is 1.98. The summed E-state index contributed by atoms with van der Waals surface area (Å²) < 4.78 is 0. The van der Waals surface area contributed by atoms with Crippen LogP contribution >= 0.6 is 11.8 Å². The molecule has 0 aromatic heterocycles. The van der Waals surface area contributed by atoms with Crippen molar-refractivity contribution in [3.63, 3.8) is 0 Å². The number of carbonyl (C=O) groups excluding carboxylic acids is 1. The summed E-state index contributed by atoms with van der Waals surface area (Å²) >= 11 is 1.61. The van der Waals surface area contributed by atoms with Crippen molar-refractivity contribution in [2.45, 2.75) is 5.75 Å². The van der Waals surface area contributed by atoms with Crippen molar-refractivity contribution in [1.29, 1.82) is 0 Å². The SMILES string of the molecule is NCC(=O)CSCc1ccccc1. The average molecular weight is 195 g/mol. The Morgan fingerprint density at radius 3 is 2.62 bits per heavy atom. The summed E-state index contributed by atoms with van der Waals surface area (Å²) in [6, 6.07) is 10.1. The molecule has 13 heavy (non-hydrogen) atoms. The summed E-state index contributed by atoms with van der Waals surface area (Å²) in [7, 11) is 0. The van der Waals surface area contributed by atoms with E-state index in [4.69, 9.17) is 5.73 Å². The zero-order valence-corrected chi connectivity index (χ0v) is 8.22. The van der Waals surface area contributed by atoms with Gasteiger partial charge in [0.25, 0.3) is 0 Å². The van der Waals surface area contributed by atoms with Gasteiger partial charge in [-0.2, -0.15) is 0 Å². The monoisotopic (exact) mass is 195 g/mol. The standard InChI is InChI=1S/C10H13NOS/c11-6-10(12)8-13-7-9-4-2-1-3-5-9/h1-5H,6-8,11H2. The topological polar surface area (TPSA) is 43.1 Å². The minimum atomic E-state index is 0.112. The average Bonchev–Trinajstić information content (AvgIpc) is 2.19. The van der Waals surface area contributed by atoms with Crippen molar-refractivity contribution in [3.8, 4) is 0 Å². The zero-order valence-electron chi connectivity index (χ0n) is 7.40. The third kappa shape index (κ3) is 4.10. The van der Waals surface area contributed by atoms with Gasteiger partial charge in [-0.25, -0.2) is 0 Å². The van der Waals surface area contributed by atoms with E-state index in [-0.39, 0.29) is 12.3 Å². The fraction of sp³-hybridized carbons (Fsp3) is 0.300. The quantitative estimate of drug-likeness (QED) is 0.773. The molecule has 0 saturated carbocycles. The number of thioether (sulfide) groups is 1. The Morgan fingerprint density at radius 2 is 2.00 bits per heavy atom. The van der Waals surface area contributed by atoms with Gasteiger partial charge in [0.05, 0.1) is 12.3 Å². The van der Waals surface area contributed by atoms with Gasteiger partial charge in [0.2, 0.25) is 0 Å². The van der Waals surface area contributed by atoms with Crippen molar-refractivity contribution in [2.75, 3.05) is 12.3 Å². The smallest absolute Gasteiger partial charge is 0.156 e. The molecule has 2 N–H and O–H groups in total. The lowest BCUT2D eigenvalue weighted by molar-refractivity contribution is -0.115. The van der Waals surface area contributed by atoms with Crippen molar-refractivity contribution in [3.05, 3.63) is 35.9 Å². The molecule has 0 fully saturated rings. The third-order valence-corrected chi connectivity index (χ3v) is 2.67. The van der Waals surface area contributed by atoms with Gasteiger partial charge in [-0.05, 0) is 5.56 Å². The number of ketones is 1. The van der Waals surface area contributed by atoms with Crippen LogP contribution in [0.3, 0.4) is 0 Å². The van der Waals surface area contributed by atoms with Gasteiger partial charge in [0.15, 0.2) is 5.78 Å². The molecule has 1 rings (SSSR count). The van der Waals surface area contributed by atoms with Gasteiger partial charge >= 0.3 is 0 Å². The third-order valence-electron chi connectivity index (χ3n) is 1.60. The van der Waals surface area contributed by atoms with E-state index in [0.717, 1.165) is 5.75 Å². The molecule has 0 spiro atoms. The Labute approximate surface area is 82.5 Å². The molecular weight excluding hydrogens is 182 g/mol. The molecule has 0 aliphatic rings. The van der Waals surface area contributed by atoms with E-state index in [9.17, 15) is 4.79 Å². The number of benzene rings is 1. The van der Waals surface area contributed by atoms with E-state index in [2.05, 4.69) is 12.1 Å². The lowest BCUT2D eigenvalue weighted by Gasteiger charge is -1.99. The molecule has 3 heteroatoms. The predicted molar refractivity (Wildman–Crippen MR) is 56.7 cm³/mol. The molecular formula is C10H13NOS. The van der Waals surface area contributed by atoms with E-state index in [1.165, 1.54) is 5.56 Å². The van der Waals surface area contributed by atoms with Crippen LogP contribution in [0.4, 0.5) is 0 Å². The Hall–Kier alpha value is -0.800. The molecule has 70 valence electrons. The summed E-state index contributed by atoms with van der Waals surface area (Å²) in [4.78, 5) is 10.9. The number of hydrogen-bond acceptors (Lipinski definition) is 3. The molecule has 2 nitrogen and oxygen atoms in total. The minimum absolute atomic E-state index is 0.112. The van der Waals surface area contributed by atoms with Crippen LogP contribution in [0.5, 0.6) is 0 Å². The summed E-state index contributed by atoms with van der Waals surface area (Å²) in [5.41, 5.74) is 6.44. The van der Waals surface area contributed by atoms with E-state index in [1.54, 1.807) is 11.8 Å². The van der Waals surface area contributed by atoms with Crippen LogP contribution in [0.2, 0.25) is 0 Å². The van der Waals surface area contributed by atoms with Crippen molar-refractivity contribution >= 4 is 17.5 Å². The predicted octanol–water partition coefficient (Wildman–Crippen LogP) is 1.45. The van der Waals surface area contributed by atoms with E-state index < -0.39 is 0 Å². The van der Waals surface area contributed by atoms with Gasteiger partial charge in [0, 0.05) is 5.75 Å². The van der Waals surface area contributed by atoms with Gasteiger partial charge < -0.3 is 5.73 Å². The lowest BCUT2D eigenvalue weighted by Crippen LogP contribution is -2.15. The summed E-state index contributed by atoms with van der Waals surface area (Å²) in [6.45, 7) is 0.155. The van der Waals surface area contributed by atoms with Crippen LogP contribution in [0.15, 0.2) is 30.3 Å². The second-order valence-corrected chi connectivity index (χ2v) is 3.71. The van der Waals surface area contributed by atoms with Crippen LogP contribution in [-0.2, 0) is 10.5 Å². The van der Waals surface area contributed by atoms with E-state index in [1.807, 2.05) is 18.2 Å². The number of Topliss-reactive ketones (excluding diaryl/α,β-unsaturated/α-hetero) is 1. The first kappa shape index (κ1) is 10.3. The number of rotatable bonds is 5. The number of carbonyl (C=O) groups is 1. The summed E-state index contributed by atoms with van der Waals surface area (Å²) in [5.74, 6) is 1.51. The number of hydrogen-bond donors (Lipinski definition) is 1. The van der Waals surface area contributed by atoms with Crippen molar-refractivity contribution in [2.24, 2.45) is 5.73 Å². The molecule has 0 radical (unpaired) electrons. The first-order valence-electron chi connectivity index (χ1n) is 4.16. The molecule has 1 aromatic rings. The van der Waals surface area contributed by atoms with Crippen LogP contribution in [0.25, 0.3) is 0 Å². The highest BCUT2D eigenvalue weighted by Crippen LogP contribution is 2.10. The molecule has 0 heterocycles. The largest absolute Gasteiger partial charge is 0.324 e. The van der Waals surface area contributed by atoms with Gasteiger partial charge in [-0.15, -0.1) is 11.8 Å². The normalized spacial score (nSPS) is 9.92. The van der Waals surface area contributed by atoms with Gasteiger partial charge in [0.1, 0.15) is 0 Å². The fourth-order valence-electron chi connectivity index (χ4n) is 0.916. The Bertz CT molecular complexity index is 261. The van der Waals surface area contributed by atoms with Crippen LogP contribution in [0, 0.1) is 0 Å². The highest BCUT2D eigenvalue weighted by atomic mass is 32.2. The summed E-state index contributed by atoms with van der Waals surface area (Å²) in [6.07, 6.45) is 0. The number of nitrogens with two attached hydrogens (primary N) is 1. The van der Waals surface area contributed by atoms with Crippen molar-refractivity contribution in [1.82, 2.24) is 0 Å². The fourth-order valence-corrected chi connectivity index (χ4v) is 1.79. The maximum Gasteiger partial charge on any atom is 0.156 e. The van der Waals surface area contributed by atoms with Crippen molar-refractivity contribution < 1.29 is 4.79 Å². The van der Waals surface area contributed by atoms with E-state index >= 15 is 0 Å². The lowest BCUT2D eigenvalue weighted by atomic mass is 10.2. The first-order chi connectivity index (χ1) is 6.33. The molecule has 0 saturated heterocycles.